The summed E-state index contributed by atoms with van der Waals surface area (Å²) in [6, 6.07) is 8.47. The third-order valence-electron chi connectivity index (χ3n) is 5.20. The van der Waals surface area contributed by atoms with Gasteiger partial charge in [0.15, 0.2) is 5.78 Å². The molecule has 7 nitrogen and oxygen atoms in total. The van der Waals surface area contributed by atoms with Gasteiger partial charge in [-0.3, -0.25) is 18.7 Å². The van der Waals surface area contributed by atoms with Gasteiger partial charge in [0.25, 0.3) is 0 Å². The molecule has 2 heterocycles. The van der Waals surface area contributed by atoms with Crippen LogP contribution in [-0.2, 0) is 18.9 Å². The van der Waals surface area contributed by atoms with Crippen LogP contribution in [0.4, 0.5) is 0 Å². The molecule has 1 N–H and O–H groups in total. The maximum atomic E-state index is 12.2. The van der Waals surface area contributed by atoms with Gasteiger partial charge in [-0.1, -0.05) is 6.07 Å². The number of ketones is 1. The fraction of sp³-hybridized carbons (Fsp3) is 0.250. The van der Waals surface area contributed by atoms with Crippen LogP contribution in [0.2, 0.25) is 0 Å². The van der Waals surface area contributed by atoms with Crippen LogP contribution in [-0.4, -0.2) is 26.0 Å². The van der Waals surface area contributed by atoms with E-state index in [2.05, 4.69) is 0 Å². The van der Waals surface area contributed by atoms with Crippen molar-refractivity contribution in [2.45, 2.75) is 19.3 Å². The number of hydrogen-bond acceptors (Lipinski definition) is 5. The highest BCUT2D eigenvalue weighted by Crippen LogP contribution is 2.45. The summed E-state index contributed by atoms with van der Waals surface area (Å²) < 4.78 is 8.35. The van der Waals surface area contributed by atoms with Gasteiger partial charge in [-0.15, -0.1) is 0 Å². The first kappa shape index (κ1) is 17.1. The number of aryl methyl sites for hydroxylation is 2. The Morgan fingerprint density at radius 1 is 1.11 bits per heavy atom. The molecule has 0 radical (unpaired) electrons. The number of aromatic nitrogens is 2. The lowest BCUT2D eigenvalue weighted by Gasteiger charge is -2.26. The molecule has 2 aromatic carbocycles. The van der Waals surface area contributed by atoms with E-state index in [-0.39, 0.29) is 35.0 Å². The first-order chi connectivity index (χ1) is 12.8. The van der Waals surface area contributed by atoms with E-state index in [9.17, 15) is 19.5 Å². The average molecular weight is 366 g/mol. The van der Waals surface area contributed by atoms with Crippen molar-refractivity contribution in [2.24, 2.45) is 14.1 Å². The molecule has 4 rings (SSSR count). The van der Waals surface area contributed by atoms with Crippen molar-refractivity contribution in [3.05, 3.63) is 57.5 Å². The molecule has 0 spiro atoms. The van der Waals surface area contributed by atoms with E-state index < -0.39 is 11.9 Å². The van der Waals surface area contributed by atoms with Gasteiger partial charge in [0, 0.05) is 25.6 Å². The number of fused-ring (bicyclic) bond motifs is 2. The number of imidazole rings is 1. The van der Waals surface area contributed by atoms with Crippen LogP contribution < -0.4 is 10.4 Å². The zero-order chi connectivity index (χ0) is 19.5. The molecule has 0 amide bonds. The minimum absolute atomic E-state index is 0.0359. The summed E-state index contributed by atoms with van der Waals surface area (Å²) in [4.78, 5) is 36.1. The van der Waals surface area contributed by atoms with Crippen molar-refractivity contribution in [1.82, 2.24) is 9.13 Å². The van der Waals surface area contributed by atoms with Crippen LogP contribution in [0, 0.1) is 0 Å². The molecule has 1 aromatic heterocycles. The Morgan fingerprint density at radius 2 is 1.81 bits per heavy atom. The number of Topliss-reactive ketones (excluding diaryl/α,β-unsaturated/α-hetero) is 1. The molecule has 0 bridgehead atoms. The Morgan fingerprint density at radius 3 is 2.52 bits per heavy atom. The van der Waals surface area contributed by atoms with Crippen molar-refractivity contribution in [3.8, 4) is 11.5 Å². The molecular formula is C20H18N2O5. The number of benzene rings is 2. The summed E-state index contributed by atoms with van der Waals surface area (Å²) in [5.41, 5.74) is 2.71. The maximum Gasteiger partial charge on any atom is 0.328 e. The highest BCUT2D eigenvalue weighted by Gasteiger charge is 2.33. The van der Waals surface area contributed by atoms with Crippen molar-refractivity contribution in [3.63, 3.8) is 0 Å². The molecule has 0 fully saturated rings. The van der Waals surface area contributed by atoms with Gasteiger partial charge in [0.1, 0.15) is 11.5 Å². The van der Waals surface area contributed by atoms with E-state index in [1.165, 1.54) is 23.6 Å². The van der Waals surface area contributed by atoms with Gasteiger partial charge in [0.05, 0.1) is 23.0 Å². The van der Waals surface area contributed by atoms with E-state index in [1.54, 1.807) is 18.7 Å². The largest absolute Gasteiger partial charge is 0.507 e. The highest BCUT2D eigenvalue weighted by molar-refractivity contribution is 5.98. The van der Waals surface area contributed by atoms with Crippen molar-refractivity contribution in [2.75, 3.05) is 0 Å². The normalized spacial score (nSPS) is 16.3. The van der Waals surface area contributed by atoms with E-state index in [1.807, 2.05) is 18.2 Å². The Labute approximate surface area is 154 Å². The number of phenolic OH excluding ortho intramolecular Hbond substituents is 1. The number of phenols is 1. The molecule has 1 aliphatic rings. The Balaban J connectivity index is 1.95. The molecule has 27 heavy (non-hydrogen) atoms. The van der Waals surface area contributed by atoms with E-state index >= 15 is 0 Å². The molecule has 0 saturated carbocycles. The molecule has 1 aliphatic heterocycles. The first-order valence-corrected chi connectivity index (χ1v) is 8.52. The lowest BCUT2D eigenvalue weighted by atomic mass is 9.84. The number of hydrogen-bond donors (Lipinski definition) is 1. The number of rotatable bonds is 2. The second-order valence-electron chi connectivity index (χ2n) is 6.81. The Kier molecular flexibility index (Phi) is 3.69. The summed E-state index contributed by atoms with van der Waals surface area (Å²) in [5, 5.41) is 10.7. The SMILES string of the molecule is CC(=O)c1ccc2c(c1O)[C@@H](c1ccc3c(c1)n(C)c(=O)n3C)CC(=O)O2. The summed E-state index contributed by atoms with van der Waals surface area (Å²) in [7, 11) is 3.38. The number of ether oxygens (including phenoxy) is 1. The fourth-order valence-electron chi connectivity index (χ4n) is 3.76. The van der Waals surface area contributed by atoms with Crippen LogP contribution in [0.25, 0.3) is 11.0 Å². The molecule has 0 aliphatic carbocycles. The summed E-state index contributed by atoms with van der Waals surface area (Å²) in [6.45, 7) is 1.37. The lowest BCUT2D eigenvalue weighted by Crippen LogP contribution is -2.21. The van der Waals surface area contributed by atoms with Gasteiger partial charge in [-0.05, 0) is 36.8 Å². The topological polar surface area (TPSA) is 90.5 Å². The third-order valence-corrected chi connectivity index (χ3v) is 5.20. The second kappa shape index (κ2) is 5.84. The van der Waals surface area contributed by atoms with Crippen LogP contribution in [0.1, 0.15) is 40.7 Å². The second-order valence-corrected chi connectivity index (χ2v) is 6.81. The van der Waals surface area contributed by atoms with Crippen molar-refractivity contribution >= 4 is 22.8 Å². The average Bonchev–Trinajstić information content (AvgIpc) is 2.85. The zero-order valence-electron chi connectivity index (χ0n) is 15.1. The predicted molar refractivity (Wildman–Crippen MR) is 98.4 cm³/mol. The number of carbonyl (C=O) groups excluding carboxylic acids is 2. The van der Waals surface area contributed by atoms with Gasteiger partial charge < -0.3 is 9.84 Å². The molecule has 0 unspecified atom stereocenters. The molecular weight excluding hydrogens is 348 g/mol. The smallest absolute Gasteiger partial charge is 0.328 e. The Hall–Kier alpha value is -3.35. The fourth-order valence-corrected chi connectivity index (χ4v) is 3.76. The van der Waals surface area contributed by atoms with Crippen LogP contribution in [0.5, 0.6) is 11.5 Å². The minimum Gasteiger partial charge on any atom is -0.507 e. The third kappa shape index (κ3) is 2.46. The van der Waals surface area contributed by atoms with Crippen molar-refractivity contribution < 1.29 is 19.4 Å². The van der Waals surface area contributed by atoms with E-state index in [0.717, 1.165) is 16.6 Å². The van der Waals surface area contributed by atoms with Crippen molar-refractivity contribution in [1.29, 1.82) is 0 Å². The van der Waals surface area contributed by atoms with Crippen LogP contribution >= 0.6 is 0 Å². The molecule has 1 atom stereocenters. The minimum atomic E-state index is -0.472. The lowest BCUT2D eigenvalue weighted by molar-refractivity contribution is -0.135. The number of carbonyl (C=O) groups is 2. The van der Waals surface area contributed by atoms with Gasteiger partial charge in [0.2, 0.25) is 0 Å². The van der Waals surface area contributed by atoms with Gasteiger partial charge in [-0.25, -0.2) is 4.79 Å². The number of esters is 1. The Bertz CT molecular complexity index is 1190. The summed E-state index contributed by atoms with van der Waals surface area (Å²) in [6.07, 6.45) is 0.0359. The van der Waals surface area contributed by atoms with Gasteiger partial charge >= 0.3 is 11.7 Å². The maximum absolute atomic E-state index is 12.2. The number of aromatic hydroxyl groups is 1. The summed E-state index contributed by atoms with van der Waals surface area (Å²) in [5.74, 6) is -1.07. The zero-order valence-corrected chi connectivity index (χ0v) is 15.1. The van der Waals surface area contributed by atoms with Crippen LogP contribution in [0.15, 0.2) is 35.1 Å². The van der Waals surface area contributed by atoms with E-state index in [4.69, 9.17) is 4.74 Å². The quantitative estimate of drug-likeness (QED) is 0.427. The number of nitrogens with zero attached hydrogens (tertiary/aromatic N) is 2. The van der Waals surface area contributed by atoms with Crippen LogP contribution in [0.3, 0.4) is 0 Å². The highest BCUT2D eigenvalue weighted by atomic mass is 16.5. The molecule has 138 valence electrons. The molecule has 7 heteroatoms. The first-order valence-electron chi connectivity index (χ1n) is 8.52. The standard InChI is InChI=1S/C20H18N2O5/c1-10(23)12-5-7-16-18(19(12)25)13(9-17(24)27-16)11-4-6-14-15(8-11)22(3)20(26)21(14)2/h4-8,13,25H,9H2,1-3H3/t13-/m1/s1. The predicted octanol–water partition coefficient (Wildman–Crippen LogP) is 2.23. The van der Waals surface area contributed by atoms with Gasteiger partial charge in [-0.2, -0.15) is 0 Å². The van der Waals surface area contributed by atoms with E-state index in [0.29, 0.717) is 5.56 Å². The monoisotopic (exact) mass is 366 g/mol. The molecule has 3 aromatic rings. The molecule has 0 saturated heterocycles. The summed E-state index contributed by atoms with van der Waals surface area (Å²) >= 11 is 0.